The largest absolute Gasteiger partial charge is 0.493 e. The summed E-state index contributed by atoms with van der Waals surface area (Å²) in [6, 6.07) is 5.33. The Kier molecular flexibility index (Phi) is 6.95. The first kappa shape index (κ1) is 20.4. The molecule has 0 atom stereocenters. The number of thiazole rings is 1. The Morgan fingerprint density at radius 1 is 1.19 bits per heavy atom. The summed E-state index contributed by atoms with van der Waals surface area (Å²) in [6.45, 7) is 1.83. The smallest absolute Gasteiger partial charge is 0.242 e. The standard InChI is InChI=1S/C19H24N4O3S/c1-13-21-19(18(27-13)15(24)9-10-22(2)3)26-16-8-7-14(11-17(16)25-6)20-12-23(4)5/h7-12H,1-6H3/b10-9+,20-12?. The number of rotatable bonds is 8. The Morgan fingerprint density at radius 2 is 1.93 bits per heavy atom. The molecule has 8 heteroatoms. The van der Waals surface area contributed by atoms with Crippen molar-refractivity contribution in [2.45, 2.75) is 6.92 Å². The van der Waals surface area contributed by atoms with E-state index in [9.17, 15) is 4.79 Å². The van der Waals surface area contributed by atoms with E-state index in [1.54, 1.807) is 36.7 Å². The molecule has 0 radical (unpaired) electrons. The van der Waals surface area contributed by atoms with Crippen LogP contribution in [0.25, 0.3) is 0 Å². The molecule has 0 saturated carbocycles. The highest BCUT2D eigenvalue weighted by atomic mass is 32.1. The van der Waals surface area contributed by atoms with Gasteiger partial charge in [0.15, 0.2) is 11.5 Å². The third kappa shape index (κ3) is 5.82. The fourth-order valence-corrected chi connectivity index (χ4v) is 2.80. The van der Waals surface area contributed by atoms with E-state index in [1.807, 2.05) is 46.1 Å². The Balaban J connectivity index is 2.30. The van der Waals surface area contributed by atoms with Crippen molar-refractivity contribution < 1.29 is 14.3 Å². The molecule has 0 bridgehead atoms. The van der Waals surface area contributed by atoms with Crippen molar-refractivity contribution in [2.75, 3.05) is 35.3 Å². The average Bonchev–Trinajstić information content (AvgIpc) is 2.99. The number of ether oxygens (including phenoxy) is 2. The maximum absolute atomic E-state index is 12.5. The number of hydrogen-bond acceptors (Lipinski definition) is 7. The van der Waals surface area contributed by atoms with Gasteiger partial charge in [-0.2, -0.15) is 0 Å². The summed E-state index contributed by atoms with van der Waals surface area (Å²) in [4.78, 5) is 25.2. The van der Waals surface area contributed by atoms with Crippen LogP contribution in [0.3, 0.4) is 0 Å². The number of aliphatic imine (C=N–C) groups is 1. The van der Waals surface area contributed by atoms with Gasteiger partial charge in [-0.3, -0.25) is 4.79 Å². The van der Waals surface area contributed by atoms with Gasteiger partial charge in [-0.25, -0.2) is 9.98 Å². The Bertz CT molecular complexity index is 857. The lowest BCUT2D eigenvalue weighted by Gasteiger charge is -2.10. The van der Waals surface area contributed by atoms with E-state index >= 15 is 0 Å². The lowest BCUT2D eigenvalue weighted by Crippen LogP contribution is -2.06. The van der Waals surface area contributed by atoms with Crippen LogP contribution in [0.5, 0.6) is 17.4 Å². The summed E-state index contributed by atoms with van der Waals surface area (Å²) in [7, 11) is 9.05. The predicted octanol–water partition coefficient (Wildman–Crippen LogP) is 3.73. The van der Waals surface area contributed by atoms with Gasteiger partial charge in [0.05, 0.1) is 24.1 Å². The number of carbonyl (C=O) groups excluding carboxylic acids is 1. The van der Waals surface area contributed by atoms with Crippen molar-refractivity contribution in [1.29, 1.82) is 0 Å². The number of ketones is 1. The fourth-order valence-electron chi connectivity index (χ4n) is 2.03. The average molecular weight is 388 g/mol. The molecule has 0 aliphatic heterocycles. The third-order valence-corrected chi connectivity index (χ3v) is 4.21. The monoisotopic (exact) mass is 388 g/mol. The Labute approximate surface area is 163 Å². The summed E-state index contributed by atoms with van der Waals surface area (Å²) in [6.07, 6.45) is 4.89. The molecule has 1 aromatic carbocycles. The molecular formula is C19H24N4O3S. The second-order valence-corrected chi connectivity index (χ2v) is 7.36. The van der Waals surface area contributed by atoms with E-state index < -0.39 is 0 Å². The van der Waals surface area contributed by atoms with Crippen molar-refractivity contribution in [2.24, 2.45) is 4.99 Å². The molecule has 7 nitrogen and oxygen atoms in total. The van der Waals surface area contributed by atoms with Crippen LogP contribution < -0.4 is 9.47 Å². The summed E-state index contributed by atoms with van der Waals surface area (Å²) in [5, 5.41) is 0.748. The first-order valence-electron chi connectivity index (χ1n) is 8.23. The van der Waals surface area contributed by atoms with Gasteiger partial charge in [0.25, 0.3) is 0 Å². The zero-order valence-corrected chi connectivity index (χ0v) is 17.2. The highest BCUT2D eigenvalue weighted by Gasteiger charge is 2.19. The van der Waals surface area contributed by atoms with Gasteiger partial charge in [-0.15, -0.1) is 11.3 Å². The summed E-state index contributed by atoms with van der Waals surface area (Å²) in [5.41, 5.74) is 0.729. The molecule has 0 fully saturated rings. The van der Waals surface area contributed by atoms with Crippen molar-refractivity contribution >= 4 is 29.1 Å². The molecule has 27 heavy (non-hydrogen) atoms. The highest BCUT2D eigenvalue weighted by Crippen LogP contribution is 2.37. The van der Waals surface area contributed by atoms with Crippen LogP contribution in [-0.2, 0) is 0 Å². The SMILES string of the molecule is COc1cc(N=CN(C)C)ccc1Oc1nc(C)sc1C(=O)/C=C/N(C)C. The lowest BCUT2D eigenvalue weighted by molar-refractivity contribution is 0.104. The quantitative estimate of drug-likeness (QED) is 0.297. The normalized spacial score (nSPS) is 11.2. The second kappa shape index (κ2) is 9.18. The Hall–Kier alpha value is -2.87. The Morgan fingerprint density at radius 3 is 2.56 bits per heavy atom. The van der Waals surface area contributed by atoms with E-state index in [2.05, 4.69) is 9.98 Å². The van der Waals surface area contributed by atoms with Crippen LogP contribution in [0.1, 0.15) is 14.7 Å². The van der Waals surface area contributed by atoms with E-state index in [1.165, 1.54) is 17.4 Å². The predicted molar refractivity (Wildman–Crippen MR) is 109 cm³/mol. The number of benzene rings is 1. The summed E-state index contributed by atoms with van der Waals surface area (Å²) in [5.74, 6) is 1.10. The second-order valence-electron chi connectivity index (χ2n) is 6.16. The van der Waals surface area contributed by atoms with Crippen molar-refractivity contribution in [3.8, 4) is 17.4 Å². The first-order chi connectivity index (χ1) is 12.8. The van der Waals surface area contributed by atoms with E-state index in [0.717, 1.165) is 10.7 Å². The number of allylic oxidation sites excluding steroid dienone is 1. The molecule has 0 saturated heterocycles. The molecule has 144 valence electrons. The third-order valence-electron chi connectivity index (χ3n) is 3.24. The van der Waals surface area contributed by atoms with Crippen LogP contribution in [0.4, 0.5) is 5.69 Å². The molecule has 0 spiro atoms. The van der Waals surface area contributed by atoms with Crippen molar-refractivity contribution in [3.63, 3.8) is 0 Å². The van der Waals surface area contributed by atoms with Crippen molar-refractivity contribution in [3.05, 3.63) is 40.4 Å². The minimum absolute atomic E-state index is 0.157. The van der Waals surface area contributed by atoms with Gasteiger partial charge in [-0.05, 0) is 19.1 Å². The summed E-state index contributed by atoms with van der Waals surface area (Å²) < 4.78 is 11.3. The topological polar surface area (TPSA) is 67.3 Å². The van der Waals surface area contributed by atoms with Gasteiger partial charge in [0.1, 0.15) is 4.88 Å². The number of hydrogen-bond donors (Lipinski definition) is 0. The number of nitrogens with zero attached hydrogens (tertiary/aromatic N) is 4. The van der Waals surface area contributed by atoms with Gasteiger partial charge in [0.2, 0.25) is 11.7 Å². The van der Waals surface area contributed by atoms with E-state index in [0.29, 0.717) is 16.4 Å². The molecular weight excluding hydrogens is 364 g/mol. The molecule has 1 heterocycles. The minimum Gasteiger partial charge on any atom is -0.493 e. The van der Waals surface area contributed by atoms with Crippen LogP contribution in [0.15, 0.2) is 35.5 Å². The maximum Gasteiger partial charge on any atom is 0.242 e. The molecule has 0 aliphatic rings. The zero-order valence-electron chi connectivity index (χ0n) is 16.4. The summed E-state index contributed by atoms with van der Waals surface area (Å²) >= 11 is 1.30. The van der Waals surface area contributed by atoms with Gasteiger partial charge in [-0.1, -0.05) is 0 Å². The molecule has 0 N–H and O–H groups in total. The first-order valence-corrected chi connectivity index (χ1v) is 9.04. The van der Waals surface area contributed by atoms with Gasteiger partial charge < -0.3 is 19.3 Å². The van der Waals surface area contributed by atoms with Crippen LogP contribution in [0, 0.1) is 6.92 Å². The molecule has 2 aromatic rings. The fraction of sp³-hybridized carbons (Fsp3) is 0.316. The molecule has 2 rings (SSSR count). The molecule has 0 amide bonds. The number of methoxy groups -OCH3 is 1. The highest BCUT2D eigenvalue weighted by molar-refractivity contribution is 7.14. The van der Waals surface area contributed by atoms with Crippen LogP contribution >= 0.6 is 11.3 Å². The maximum atomic E-state index is 12.5. The minimum atomic E-state index is -0.157. The van der Waals surface area contributed by atoms with E-state index in [4.69, 9.17) is 9.47 Å². The molecule has 0 aliphatic carbocycles. The van der Waals surface area contributed by atoms with Gasteiger partial charge in [0, 0.05) is 46.5 Å². The molecule has 0 unspecified atom stereocenters. The van der Waals surface area contributed by atoms with Crippen LogP contribution in [-0.4, -0.2) is 62.2 Å². The number of aryl methyl sites for hydroxylation is 1. The van der Waals surface area contributed by atoms with Gasteiger partial charge >= 0.3 is 0 Å². The molecule has 1 aromatic heterocycles. The number of aromatic nitrogens is 1. The number of carbonyl (C=O) groups is 1. The zero-order chi connectivity index (χ0) is 20.0. The van der Waals surface area contributed by atoms with Crippen molar-refractivity contribution in [1.82, 2.24) is 14.8 Å². The van der Waals surface area contributed by atoms with E-state index in [-0.39, 0.29) is 11.7 Å². The lowest BCUT2D eigenvalue weighted by atomic mass is 10.2. The van der Waals surface area contributed by atoms with Crippen LogP contribution in [0.2, 0.25) is 0 Å².